The number of ether oxygens (including phenoxy) is 1. The Hall–Kier alpha value is -0.570. The van der Waals surface area contributed by atoms with Crippen LogP contribution >= 0.6 is 22.6 Å². The van der Waals surface area contributed by atoms with Crippen LogP contribution in [0.2, 0.25) is 0 Å². The summed E-state index contributed by atoms with van der Waals surface area (Å²) in [5, 5.41) is 0. The van der Waals surface area contributed by atoms with E-state index in [1.807, 2.05) is 0 Å². The van der Waals surface area contributed by atoms with Crippen LogP contribution in [0.4, 0.5) is 13.2 Å². The van der Waals surface area contributed by atoms with Crippen molar-refractivity contribution in [2.45, 2.75) is 12.9 Å². The van der Waals surface area contributed by atoms with Gasteiger partial charge in [0.1, 0.15) is 0 Å². The number of pyridine rings is 1. The average molecular weight is 318 g/mol. The SMILES string of the molecule is NCc1cc(I)c(OC(F)(F)F)cn1. The zero-order valence-corrected chi connectivity index (χ0v) is 8.96. The Balaban J connectivity index is 2.89. The van der Waals surface area contributed by atoms with Gasteiger partial charge in [0, 0.05) is 6.54 Å². The van der Waals surface area contributed by atoms with Crippen molar-refractivity contribution in [1.29, 1.82) is 0 Å². The van der Waals surface area contributed by atoms with E-state index in [0.29, 0.717) is 9.26 Å². The van der Waals surface area contributed by atoms with E-state index < -0.39 is 6.36 Å². The molecule has 1 aromatic heterocycles. The third-order valence-electron chi connectivity index (χ3n) is 1.31. The van der Waals surface area contributed by atoms with E-state index in [4.69, 9.17) is 5.73 Å². The monoisotopic (exact) mass is 318 g/mol. The highest BCUT2D eigenvalue weighted by Crippen LogP contribution is 2.26. The molecule has 1 aromatic rings. The van der Waals surface area contributed by atoms with Crippen molar-refractivity contribution in [1.82, 2.24) is 4.98 Å². The van der Waals surface area contributed by atoms with Gasteiger partial charge in [0.25, 0.3) is 0 Å². The van der Waals surface area contributed by atoms with E-state index in [9.17, 15) is 13.2 Å². The molecular weight excluding hydrogens is 312 g/mol. The summed E-state index contributed by atoms with van der Waals surface area (Å²) < 4.78 is 39.5. The third-order valence-corrected chi connectivity index (χ3v) is 2.15. The fourth-order valence-corrected chi connectivity index (χ4v) is 1.38. The van der Waals surface area contributed by atoms with Crippen LogP contribution in [0.5, 0.6) is 5.75 Å². The first-order chi connectivity index (χ1) is 6.42. The van der Waals surface area contributed by atoms with Gasteiger partial charge in [-0.15, -0.1) is 13.2 Å². The number of hydrogen-bond donors (Lipinski definition) is 1. The van der Waals surface area contributed by atoms with Gasteiger partial charge in [-0.05, 0) is 28.7 Å². The summed E-state index contributed by atoms with van der Waals surface area (Å²) in [6.45, 7) is 0.183. The lowest BCUT2D eigenvalue weighted by Gasteiger charge is -2.10. The minimum absolute atomic E-state index is 0.183. The largest absolute Gasteiger partial charge is 0.573 e. The van der Waals surface area contributed by atoms with Gasteiger partial charge in [0.05, 0.1) is 15.5 Å². The molecule has 0 atom stereocenters. The first kappa shape index (κ1) is 11.5. The summed E-state index contributed by atoms with van der Waals surface area (Å²) in [4.78, 5) is 3.69. The molecule has 0 spiro atoms. The molecule has 0 unspecified atom stereocenters. The maximum Gasteiger partial charge on any atom is 0.573 e. The lowest BCUT2D eigenvalue weighted by atomic mass is 10.3. The van der Waals surface area contributed by atoms with Crippen molar-refractivity contribution in [3.63, 3.8) is 0 Å². The minimum Gasteiger partial charge on any atom is -0.403 e. The Morgan fingerprint density at radius 2 is 2.14 bits per heavy atom. The summed E-state index contributed by atoms with van der Waals surface area (Å²) >= 11 is 1.73. The molecule has 0 aliphatic rings. The molecule has 7 heteroatoms. The number of rotatable bonds is 2. The van der Waals surface area contributed by atoms with Crippen LogP contribution in [-0.2, 0) is 6.54 Å². The van der Waals surface area contributed by atoms with Crippen LogP contribution in [0.1, 0.15) is 5.69 Å². The Kier molecular flexibility index (Phi) is 3.53. The molecule has 14 heavy (non-hydrogen) atoms. The highest BCUT2D eigenvalue weighted by molar-refractivity contribution is 14.1. The predicted octanol–water partition coefficient (Wildman–Crippen LogP) is 2.04. The number of alkyl halides is 3. The molecule has 0 aliphatic carbocycles. The van der Waals surface area contributed by atoms with Gasteiger partial charge in [0.2, 0.25) is 0 Å². The molecule has 78 valence electrons. The van der Waals surface area contributed by atoms with Crippen LogP contribution in [0.15, 0.2) is 12.3 Å². The Labute approximate surface area is 91.6 Å². The van der Waals surface area contributed by atoms with E-state index in [1.54, 1.807) is 22.6 Å². The molecule has 0 aliphatic heterocycles. The summed E-state index contributed by atoms with van der Waals surface area (Å²) in [5.41, 5.74) is 5.78. The molecule has 0 saturated carbocycles. The predicted molar refractivity (Wildman–Crippen MR) is 51.5 cm³/mol. The molecule has 0 fully saturated rings. The van der Waals surface area contributed by atoms with E-state index in [1.165, 1.54) is 6.07 Å². The normalized spacial score (nSPS) is 11.5. The van der Waals surface area contributed by atoms with Crippen LogP contribution in [0.25, 0.3) is 0 Å². The van der Waals surface area contributed by atoms with E-state index in [2.05, 4.69) is 9.72 Å². The molecule has 0 bridgehead atoms. The maximum atomic E-state index is 11.8. The number of nitrogens with two attached hydrogens (primary N) is 1. The van der Waals surface area contributed by atoms with Crippen LogP contribution in [-0.4, -0.2) is 11.3 Å². The zero-order valence-electron chi connectivity index (χ0n) is 6.81. The number of aromatic nitrogens is 1. The average Bonchev–Trinajstić information content (AvgIpc) is 2.06. The minimum atomic E-state index is -4.69. The van der Waals surface area contributed by atoms with E-state index in [-0.39, 0.29) is 12.3 Å². The number of hydrogen-bond acceptors (Lipinski definition) is 3. The highest BCUT2D eigenvalue weighted by atomic mass is 127. The van der Waals surface area contributed by atoms with Crippen molar-refractivity contribution < 1.29 is 17.9 Å². The standard InChI is InChI=1S/C7H6F3IN2O/c8-7(9,10)14-6-3-13-4(2-12)1-5(6)11/h1,3H,2,12H2. The topological polar surface area (TPSA) is 48.1 Å². The van der Waals surface area contributed by atoms with Gasteiger partial charge in [-0.1, -0.05) is 0 Å². The van der Waals surface area contributed by atoms with Crippen molar-refractivity contribution in [2.24, 2.45) is 5.73 Å². The number of nitrogens with zero attached hydrogens (tertiary/aromatic N) is 1. The molecular formula is C7H6F3IN2O. The second-order valence-corrected chi connectivity index (χ2v) is 3.52. The van der Waals surface area contributed by atoms with Crippen molar-refractivity contribution in [3.8, 4) is 5.75 Å². The second kappa shape index (κ2) is 4.30. The molecule has 0 saturated heterocycles. The van der Waals surface area contributed by atoms with Crippen molar-refractivity contribution in [2.75, 3.05) is 0 Å². The summed E-state index contributed by atoms with van der Waals surface area (Å²) in [5.74, 6) is -0.310. The lowest BCUT2D eigenvalue weighted by Crippen LogP contribution is -2.18. The Morgan fingerprint density at radius 1 is 1.50 bits per heavy atom. The summed E-state index contributed by atoms with van der Waals surface area (Å²) in [6, 6.07) is 1.45. The molecule has 0 radical (unpaired) electrons. The first-order valence-corrected chi connectivity index (χ1v) is 4.60. The van der Waals surface area contributed by atoms with Gasteiger partial charge in [-0.3, -0.25) is 4.98 Å². The molecule has 0 aromatic carbocycles. The second-order valence-electron chi connectivity index (χ2n) is 2.36. The molecule has 1 heterocycles. The highest BCUT2D eigenvalue weighted by Gasteiger charge is 2.32. The smallest absolute Gasteiger partial charge is 0.403 e. The van der Waals surface area contributed by atoms with Crippen molar-refractivity contribution >= 4 is 22.6 Å². The maximum absolute atomic E-state index is 11.8. The summed E-state index contributed by atoms with van der Waals surface area (Å²) in [6.07, 6.45) is -3.68. The quantitative estimate of drug-likeness (QED) is 0.849. The Morgan fingerprint density at radius 3 is 2.57 bits per heavy atom. The van der Waals surface area contributed by atoms with E-state index >= 15 is 0 Å². The molecule has 1 rings (SSSR count). The van der Waals surface area contributed by atoms with Crippen LogP contribution in [0.3, 0.4) is 0 Å². The van der Waals surface area contributed by atoms with Crippen molar-refractivity contribution in [3.05, 3.63) is 21.5 Å². The fraction of sp³-hybridized carbons (Fsp3) is 0.286. The summed E-state index contributed by atoms with van der Waals surface area (Å²) in [7, 11) is 0. The molecule has 0 amide bonds. The first-order valence-electron chi connectivity index (χ1n) is 3.52. The van der Waals surface area contributed by atoms with Gasteiger partial charge >= 0.3 is 6.36 Å². The molecule has 3 nitrogen and oxygen atoms in total. The molecule has 2 N–H and O–H groups in total. The Bertz CT molecular complexity index is 329. The van der Waals surface area contributed by atoms with Gasteiger partial charge < -0.3 is 10.5 Å². The van der Waals surface area contributed by atoms with Crippen LogP contribution < -0.4 is 10.5 Å². The van der Waals surface area contributed by atoms with Gasteiger partial charge in [-0.2, -0.15) is 0 Å². The lowest BCUT2D eigenvalue weighted by molar-refractivity contribution is -0.275. The third kappa shape index (κ3) is 3.29. The number of halogens is 4. The zero-order chi connectivity index (χ0) is 10.8. The van der Waals surface area contributed by atoms with Gasteiger partial charge in [-0.25, -0.2) is 0 Å². The fourth-order valence-electron chi connectivity index (χ4n) is 0.769. The van der Waals surface area contributed by atoms with Gasteiger partial charge in [0.15, 0.2) is 5.75 Å². The van der Waals surface area contributed by atoms with Crippen LogP contribution in [0, 0.1) is 3.57 Å². The van der Waals surface area contributed by atoms with E-state index in [0.717, 1.165) is 6.20 Å².